The van der Waals surface area contributed by atoms with E-state index < -0.39 is 0 Å². The quantitative estimate of drug-likeness (QED) is 0.737. The van der Waals surface area contributed by atoms with E-state index in [-0.39, 0.29) is 6.04 Å². The van der Waals surface area contributed by atoms with Gasteiger partial charge in [0.25, 0.3) is 0 Å². The normalized spacial score (nSPS) is 11.1. The number of nitrogens with two attached hydrogens (primary N) is 1. The molecule has 5 nitrogen and oxygen atoms in total. The minimum atomic E-state index is -0.269. The van der Waals surface area contributed by atoms with Crippen molar-refractivity contribution in [2.24, 2.45) is 19.8 Å². The minimum Gasteiger partial charge on any atom is -0.336 e. The van der Waals surface area contributed by atoms with Crippen molar-refractivity contribution in [3.63, 3.8) is 0 Å². The van der Waals surface area contributed by atoms with E-state index >= 15 is 0 Å². The summed E-state index contributed by atoms with van der Waals surface area (Å²) in [6.07, 6.45) is 7.21. The molecule has 14 heavy (non-hydrogen) atoms. The molecule has 0 spiro atoms. The molecule has 0 radical (unpaired) electrons. The van der Waals surface area contributed by atoms with Gasteiger partial charge >= 0.3 is 0 Å². The Bertz CT molecular complexity index is 388. The zero-order chi connectivity index (χ0) is 10.1. The first-order valence-electron chi connectivity index (χ1n) is 4.40. The second kappa shape index (κ2) is 3.26. The van der Waals surface area contributed by atoms with Gasteiger partial charge in [0.05, 0.1) is 0 Å². The molecule has 0 fully saturated rings. The van der Waals surface area contributed by atoms with Crippen molar-refractivity contribution in [2.45, 2.75) is 6.04 Å². The van der Waals surface area contributed by atoms with E-state index in [1.54, 1.807) is 12.4 Å². The van der Waals surface area contributed by atoms with Crippen LogP contribution in [0.3, 0.4) is 0 Å². The molecule has 0 atom stereocenters. The summed E-state index contributed by atoms with van der Waals surface area (Å²) in [5, 5.41) is 0. The fraction of sp³-hybridized carbons (Fsp3) is 0.333. The van der Waals surface area contributed by atoms with Crippen LogP contribution in [0.25, 0.3) is 0 Å². The van der Waals surface area contributed by atoms with Crippen LogP contribution in [0.2, 0.25) is 0 Å². The van der Waals surface area contributed by atoms with Gasteiger partial charge in [-0.25, -0.2) is 9.97 Å². The third-order valence-corrected chi connectivity index (χ3v) is 2.27. The third-order valence-electron chi connectivity index (χ3n) is 2.27. The lowest BCUT2D eigenvalue weighted by Gasteiger charge is -2.10. The van der Waals surface area contributed by atoms with Gasteiger partial charge in [-0.1, -0.05) is 0 Å². The number of aryl methyl sites for hydroxylation is 2. The van der Waals surface area contributed by atoms with Crippen molar-refractivity contribution in [1.82, 2.24) is 19.1 Å². The molecule has 74 valence electrons. The van der Waals surface area contributed by atoms with Crippen LogP contribution in [0.1, 0.15) is 17.7 Å². The smallest absolute Gasteiger partial charge is 0.133 e. The van der Waals surface area contributed by atoms with Crippen molar-refractivity contribution >= 4 is 0 Å². The highest BCUT2D eigenvalue weighted by Gasteiger charge is 2.16. The minimum absolute atomic E-state index is 0.269. The van der Waals surface area contributed by atoms with Gasteiger partial charge in [0.15, 0.2) is 0 Å². The zero-order valence-corrected chi connectivity index (χ0v) is 8.25. The summed E-state index contributed by atoms with van der Waals surface area (Å²) in [6, 6.07) is -0.269. The Hall–Kier alpha value is -1.62. The first-order chi connectivity index (χ1) is 6.70. The molecule has 0 saturated heterocycles. The average Bonchev–Trinajstić information content (AvgIpc) is 2.73. The van der Waals surface area contributed by atoms with Crippen LogP contribution in [0.5, 0.6) is 0 Å². The Morgan fingerprint density at radius 1 is 1.07 bits per heavy atom. The Morgan fingerprint density at radius 2 is 1.50 bits per heavy atom. The summed E-state index contributed by atoms with van der Waals surface area (Å²) in [5.41, 5.74) is 6.04. The maximum atomic E-state index is 6.04. The number of hydrogen-bond donors (Lipinski definition) is 1. The molecule has 2 aromatic heterocycles. The van der Waals surface area contributed by atoms with Gasteiger partial charge < -0.3 is 14.9 Å². The highest BCUT2D eigenvalue weighted by molar-refractivity contribution is 5.11. The van der Waals surface area contributed by atoms with Gasteiger partial charge in [-0.05, 0) is 0 Å². The van der Waals surface area contributed by atoms with Gasteiger partial charge in [-0.3, -0.25) is 0 Å². The Labute approximate surface area is 82.2 Å². The lowest BCUT2D eigenvalue weighted by molar-refractivity contribution is 0.649. The van der Waals surface area contributed by atoms with Gasteiger partial charge in [0.1, 0.15) is 17.7 Å². The summed E-state index contributed by atoms with van der Waals surface area (Å²) in [7, 11) is 3.84. The third kappa shape index (κ3) is 1.31. The SMILES string of the molecule is Cn1ccnc1C(N)c1nccn1C. The maximum Gasteiger partial charge on any atom is 0.133 e. The van der Waals surface area contributed by atoms with E-state index in [2.05, 4.69) is 9.97 Å². The fourth-order valence-electron chi connectivity index (χ4n) is 1.47. The molecule has 0 aliphatic carbocycles. The average molecular weight is 191 g/mol. The van der Waals surface area contributed by atoms with E-state index in [1.165, 1.54) is 0 Å². The van der Waals surface area contributed by atoms with E-state index in [1.807, 2.05) is 35.6 Å². The number of rotatable bonds is 2. The first kappa shape index (κ1) is 8.96. The fourth-order valence-corrected chi connectivity index (χ4v) is 1.47. The molecular weight excluding hydrogens is 178 g/mol. The van der Waals surface area contributed by atoms with Crippen LogP contribution in [0.4, 0.5) is 0 Å². The van der Waals surface area contributed by atoms with E-state index in [0.29, 0.717) is 0 Å². The van der Waals surface area contributed by atoms with Crippen molar-refractivity contribution in [2.75, 3.05) is 0 Å². The number of aromatic nitrogens is 4. The van der Waals surface area contributed by atoms with E-state index in [9.17, 15) is 0 Å². The molecule has 0 aliphatic heterocycles. The molecule has 0 aliphatic rings. The van der Waals surface area contributed by atoms with Crippen molar-refractivity contribution in [3.8, 4) is 0 Å². The van der Waals surface area contributed by atoms with Crippen LogP contribution in [-0.4, -0.2) is 19.1 Å². The summed E-state index contributed by atoms with van der Waals surface area (Å²) >= 11 is 0. The van der Waals surface area contributed by atoms with Crippen LogP contribution < -0.4 is 5.73 Å². The van der Waals surface area contributed by atoms with Gasteiger partial charge in [-0.2, -0.15) is 0 Å². The van der Waals surface area contributed by atoms with Crippen LogP contribution in [0, 0.1) is 0 Å². The van der Waals surface area contributed by atoms with Crippen LogP contribution >= 0.6 is 0 Å². The molecule has 5 heteroatoms. The molecule has 2 rings (SSSR count). The maximum absolute atomic E-state index is 6.04. The Kier molecular flexibility index (Phi) is 2.09. The van der Waals surface area contributed by atoms with Gasteiger partial charge in [-0.15, -0.1) is 0 Å². The van der Waals surface area contributed by atoms with Gasteiger partial charge in [0, 0.05) is 38.9 Å². The summed E-state index contributed by atoms with van der Waals surface area (Å²) in [5.74, 6) is 1.64. The lowest BCUT2D eigenvalue weighted by Crippen LogP contribution is -2.20. The van der Waals surface area contributed by atoms with Crippen molar-refractivity contribution in [3.05, 3.63) is 36.4 Å². The molecule has 0 bridgehead atoms. The highest BCUT2D eigenvalue weighted by atomic mass is 15.1. The molecular formula is C9H13N5. The largest absolute Gasteiger partial charge is 0.336 e. The topological polar surface area (TPSA) is 61.7 Å². The number of hydrogen-bond acceptors (Lipinski definition) is 3. The molecule has 2 N–H and O–H groups in total. The molecule has 0 saturated carbocycles. The summed E-state index contributed by atoms with van der Waals surface area (Å²) in [4.78, 5) is 8.39. The molecule has 0 amide bonds. The molecule has 2 aromatic rings. The second-order valence-electron chi connectivity index (χ2n) is 3.27. The lowest BCUT2D eigenvalue weighted by atomic mass is 10.3. The Morgan fingerprint density at radius 3 is 1.79 bits per heavy atom. The summed E-state index contributed by atoms with van der Waals surface area (Å²) < 4.78 is 3.80. The highest BCUT2D eigenvalue weighted by Crippen LogP contribution is 2.14. The molecule has 2 heterocycles. The van der Waals surface area contributed by atoms with Crippen LogP contribution in [0.15, 0.2) is 24.8 Å². The first-order valence-corrected chi connectivity index (χ1v) is 4.40. The standard InChI is InChI=1S/C9H13N5/c1-13-5-3-11-8(13)7(10)9-12-4-6-14(9)2/h3-7H,10H2,1-2H3. The predicted octanol–water partition coefficient (Wildman–Crippen LogP) is 0.202. The van der Waals surface area contributed by atoms with Crippen LogP contribution in [-0.2, 0) is 14.1 Å². The number of imidazole rings is 2. The predicted molar refractivity (Wildman–Crippen MR) is 52.4 cm³/mol. The van der Waals surface area contributed by atoms with Gasteiger partial charge in [0.2, 0.25) is 0 Å². The van der Waals surface area contributed by atoms with E-state index in [4.69, 9.17) is 5.73 Å². The van der Waals surface area contributed by atoms with Crippen molar-refractivity contribution < 1.29 is 0 Å². The second-order valence-corrected chi connectivity index (χ2v) is 3.27. The van der Waals surface area contributed by atoms with Crippen molar-refractivity contribution in [1.29, 1.82) is 0 Å². The number of nitrogens with zero attached hydrogens (tertiary/aromatic N) is 4. The summed E-state index contributed by atoms with van der Waals surface area (Å²) in [6.45, 7) is 0. The monoisotopic (exact) mass is 191 g/mol. The Balaban J connectivity index is 2.38. The van der Waals surface area contributed by atoms with E-state index in [0.717, 1.165) is 11.6 Å². The molecule has 0 aromatic carbocycles. The zero-order valence-electron chi connectivity index (χ0n) is 8.25. The molecule has 0 unspecified atom stereocenters.